The van der Waals surface area contributed by atoms with Gasteiger partial charge in [0.2, 0.25) is 10.0 Å². The number of hydrogen-bond acceptors (Lipinski definition) is 7. The van der Waals surface area contributed by atoms with E-state index in [-0.39, 0.29) is 11.5 Å². The number of nitro groups is 1. The first-order valence-corrected chi connectivity index (χ1v) is 12.2. The molecule has 32 heavy (non-hydrogen) atoms. The van der Waals surface area contributed by atoms with Crippen molar-refractivity contribution >= 4 is 27.5 Å². The Labute approximate surface area is 189 Å². The second-order valence-electron chi connectivity index (χ2n) is 7.30. The molecule has 12 heteroatoms. The van der Waals surface area contributed by atoms with Crippen LogP contribution in [0.4, 0.5) is 10.1 Å². The van der Waals surface area contributed by atoms with Gasteiger partial charge in [-0.1, -0.05) is 23.9 Å². The predicted octanol–water partition coefficient (Wildman–Crippen LogP) is 4.00. The largest absolute Gasteiger partial charge is 0.273 e. The van der Waals surface area contributed by atoms with E-state index in [2.05, 4.69) is 14.9 Å². The van der Waals surface area contributed by atoms with Crippen molar-refractivity contribution in [3.63, 3.8) is 0 Å². The molecule has 1 unspecified atom stereocenters. The van der Waals surface area contributed by atoms with Gasteiger partial charge in [0.15, 0.2) is 11.0 Å². The van der Waals surface area contributed by atoms with Crippen molar-refractivity contribution in [3.8, 4) is 5.69 Å². The first-order valence-electron chi connectivity index (χ1n) is 9.67. The van der Waals surface area contributed by atoms with Crippen molar-refractivity contribution < 1.29 is 17.7 Å². The molecule has 9 nitrogen and oxygen atoms in total. The lowest BCUT2D eigenvalue weighted by Gasteiger charge is -2.17. The molecule has 0 amide bonds. The van der Waals surface area contributed by atoms with Crippen LogP contribution in [0.2, 0.25) is 0 Å². The van der Waals surface area contributed by atoms with Crippen LogP contribution in [0.1, 0.15) is 38.2 Å². The second-order valence-corrected chi connectivity index (χ2v) is 10.5. The molecule has 1 N–H and O–H groups in total. The quantitative estimate of drug-likeness (QED) is 0.280. The Bertz CT molecular complexity index is 1200. The number of thioether (sulfide) groups is 1. The minimum atomic E-state index is -3.58. The summed E-state index contributed by atoms with van der Waals surface area (Å²) < 4.78 is 42.1. The van der Waals surface area contributed by atoms with Crippen LogP contribution in [0, 0.1) is 15.9 Å². The summed E-state index contributed by atoms with van der Waals surface area (Å²) in [4.78, 5) is 10.5. The second kappa shape index (κ2) is 9.76. The van der Waals surface area contributed by atoms with E-state index in [1.54, 1.807) is 49.6 Å². The highest BCUT2D eigenvalue weighted by Crippen LogP contribution is 2.29. The number of rotatable bonds is 9. The summed E-state index contributed by atoms with van der Waals surface area (Å²) >= 11 is 1.33. The minimum absolute atomic E-state index is 0.0718. The molecule has 170 valence electrons. The fraction of sp³-hybridized carbons (Fsp3) is 0.300. The number of nitrogens with zero attached hydrogens (tertiary/aromatic N) is 4. The Morgan fingerprint density at radius 3 is 2.28 bits per heavy atom. The Balaban J connectivity index is 1.97. The van der Waals surface area contributed by atoms with Crippen LogP contribution in [-0.4, -0.2) is 33.4 Å². The van der Waals surface area contributed by atoms with E-state index < -0.39 is 26.2 Å². The summed E-state index contributed by atoms with van der Waals surface area (Å²) in [6.45, 7) is 4.79. The first kappa shape index (κ1) is 23.8. The van der Waals surface area contributed by atoms with E-state index in [9.17, 15) is 22.9 Å². The van der Waals surface area contributed by atoms with Crippen molar-refractivity contribution in [2.45, 2.75) is 43.0 Å². The van der Waals surface area contributed by atoms with Crippen LogP contribution >= 0.6 is 11.8 Å². The van der Waals surface area contributed by atoms with Crippen molar-refractivity contribution in [2.24, 2.45) is 0 Å². The van der Waals surface area contributed by atoms with Crippen molar-refractivity contribution in [1.29, 1.82) is 0 Å². The molecule has 2 aromatic carbocycles. The fourth-order valence-corrected chi connectivity index (χ4v) is 4.57. The van der Waals surface area contributed by atoms with E-state index >= 15 is 0 Å². The molecule has 0 saturated carbocycles. The maximum atomic E-state index is 13.2. The maximum Gasteiger partial charge on any atom is 0.269 e. The highest BCUT2D eigenvalue weighted by atomic mass is 32.2. The molecule has 0 aliphatic carbocycles. The van der Waals surface area contributed by atoms with Gasteiger partial charge in [0, 0.05) is 23.6 Å². The standard InChI is InChI=1S/C20H22FN5O4S2/c1-13(2)32(29,30)24-14(3)19-22-23-20(31-12-15-4-6-16(21)7-5-15)25(19)17-8-10-18(11-9-17)26(27)28/h4-11,13-14,24H,12H2,1-3H3. The number of non-ortho nitro benzene ring substituents is 1. The lowest BCUT2D eigenvalue weighted by atomic mass is 10.2. The van der Waals surface area contributed by atoms with Gasteiger partial charge in [0.05, 0.1) is 16.2 Å². The summed E-state index contributed by atoms with van der Waals surface area (Å²) in [5.74, 6) is 0.475. The molecule has 0 aliphatic heterocycles. The monoisotopic (exact) mass is 479 g/mol. The van der Waals surface area contributed by atoms with Crippen LogP contribution in [-0.2, 0) is 15.8 Å². The molecular formula is C20H22FN5O4S2. The number of halogens is 1. The molecule has 0 radical (unpaired) electrons. The molecule has 3 rings (SSSR count). The Morgan fingerprint density at radius 1 is 1.09 bits per heavy atom. The van der Waals surface area contributed by atoms with E-state index in [1.165, 1.54) is 36.0 Å². The molecule has 0 fully saturated rings. The summed E-state index contributed by atoms with van der Waals surface area (Å²) in [6.07, 6.45) is 0. The predicted molar refractivity (Wildman–Crippen MR) is 120 cm³/mol. The number of sulfonamides is 1. The van der Waals surface area contributed by atoms with E-state index in [0.29, 0.717) is 22.4 Å². The summed E-state index contributed by atoms with van der Waals surface area (Å²) in [5.41, 5.74) is 1.34. The lowest BCUT2D eigenvalue weighted by molar-refractivity contribution is -0.384. The zero-order chi connectivity index (χ0) is 23.5. The number of nitro benzene ring substituents is 1. The third-order valence-corrected chi connectivity index (χ3v) is 7.53. The van der Waals surface area contributed by atoms with Crippen molar-refractivity contribution in [1.82, 2.24) is 19.5 Å². The number of hydrogen-bond donors (Lipinski definition) is 1. The Morgan fingerprint density at radius 2 is 1.72 bits per heavy atom. The average molecular weight is 480 g/mol. The minimum Gasteiger partial charge on any atom is -0.273 e. The van der Waals surface area contributed by atoms with Crippen LogP contribution in [0.15, 0.2) is 53.7 Å². The van der Waals surface area contributed by atoms with Crippen molar-refractivity contribution in [2.75, 3.05) is 0 Å². The normalized spacial score (nSPS) is 12.8. The first-order chi connectivity index (χ1) is 15.1. The summed E-state index contributed by atoms with van der Waals surface area (Å²) in [6, 6.07) is 11.2. The van der Waals surface area contributed by atoms with Gasteiger partial charge in [-0.15, -0.1) is 10.2 Å². The third-order valence-electron chi connectivity index (χ3n) is 4.61. The van der Waals surface area contributed by atoms with Gasteiger partial charge in [0.1, 0.15) is 5.82 Å². The third kappa shape index (κ3) is 5.50. The number of benzene rings is 2. The van der Waals surface area contributed by atoms with Gasteiger partial charge in [-0.2, -0.15) is 0 Å². The van der Waals surface area contributed by atoms with E-state index in [0.717, 1.165) is 5.56 Å². The molecule has 0 bridgehead atoms. The van der Waals surface area contributed by atoms with Gasteiger partial charge < -0.3 is 0 Å². The van der Waals surface area contributed by atoms with Crippen LogP contribution in [0.25, 0.3) is 5.69 Å². The molecule has 0 saturated heterocycles. The summed E-state index contributed by atoms with van der Waals surface area (Å²) in [7, 11) is -3.58. The molecule has 3 aromatic rings. The maximum absolute atomic E-state index is 13.2. The van der Waals surface area contributed by atoms with E-state index in [4.69, 9.17) is 0 Å². The smallest absolute Gasteiger partial charge is 0.269 e. The zero-order valence-electron chi connectivity index (χ0n) is 17.6. The molecular weight excluding hydrogens is 457 g/mol. The van der Waals surface area contributed by atoms with Crippen molar-refractivity contribution in [3.05, 3.63) is 75.9 Å². The molecule has 1 heterocycles. The molecule has 0 aliphatic rings. The Hall–Kier alpha value is -2.83. The van der Waals surface area contributed by atoms with Gasteiger partial charge in [0.25, 0.3) is 5.69 Å². The van der Waals surface area contributed by atoms with Gasteiger partial charge >= 0.3 is 0 Å². The zero-order valence-corrected chi connectivity index (χ0v) is 19.2. The van der Waals surface area contributed by atoms with Crippen LogP contribution in [0.3, 0.4) is 0 Å². The lowest BCUT2D eigenvalue weighted by Crippen LogP contribution is -2.34. The van der Waals surface area contributed by atoms with Crippen LogP contribution < -0.4 is 4.72 Å². The van der Waals surface area contributed by atoms with Gasteiger partial charge in [-0.25, -0.2) is 17.5 Å². The topological polar surface area (TPSA) is 120 Å². The average Bonchev–Trinajstić information content (AvgIpc) is 3.17. The number of aromatic nitrogens is 3. The van der Waals surface area contributed by atoms with E-state index in [1.807, 2.05) is 0 Å². The van der Waals surface area contributed by atoms with Gasteiger partial charge in [-0.3, -0.25) is 14.7 Å². The molecule has 0 spiro atoms. The SMILES string of the molecule is CC(NS(=O)(=O)C(C)C)c1nnc(SCc2ccc(F)cc2)n1-c1ccc([N+](=O)[O-])cc1. The Kier molecular flexibility index (Phi) is 7.26. The number of nitrogens with one attached hydrogen (secondary N) is 1. The highest BCUT2D eigenvalue weighted by Gasteiger charge is 2.25. The fourth-order valence-electron chi connectivity index (χ4n) is 2.78. The van der Waals surface area contributed by atoms with Crippen LogP contribution in [0.5, 0.6) is 0 Å². The molecule has 1 aromatic heterocycles. The van der Waals surface area contributed by atoms with Gasteiger partial charge in [-0.05, 0) is 50.6 Å². The molecule has 1 atom stereocenters. The summed E-state index contributed by atoms with van der Waals surface area (Å²) in [5, 5.41) is 19.2. The highest BCUT2D eigenvalue weighted by molar-refractivity contribution is 7.98.